The van der Waals surface area contributed by atoms with Gasteiger partial charge in [-0.3, -0.25) is 0 Å². The molecule has 4 nitrogen and oxygen atoms in total. The Labute approximate surface area is 83.6 Å². The zero-order valence-corrected chi connectivity index (χ0v) is 8.87. The average Bonchev–Trinajstić information content (AvgIpc) is 2.00. The third kappa shape index (κ3) is 2.96. The normalized spacial score (nSPS) is 13.2. The number of aromatic nitrogens is 2. The maximum absolute atomic E-state index is 11.1. The molecular weight excluding hydrogens is 178 g/mol. The van der Waals surface area contributed by atoms with Gasteiger partial charge in [0.25, 0.3) is 0 Å². The Morgan fingerprint density at radius 3 is 2.71 bits per heavy atom. The molecule has 1 heterocycles. The molecule has 0 aromatic carbocycles. The molecule has 0 spiro atoms. The Balaban J connectivity index is 2.89. The van der Waals surface area contributed by atoms with Crippen molar-refractivity contribution in [2.75, 3.05) is 0 Å². The fraction of sp³-hybridized carbons (Fsp3) is 0.600. The molecule has 1 atom stereocenters. The number of nitrogens with zero attached hydrogens (tertiary/aromatic N) is 1. The number of nitrogens with one attached hydrogen (secondary N) is 1. The van der Waals surface area contributed by atoms with Crippen molar-refractivity contribution in [1.29, 1.82) is 0 Å². The molecule has 1 rings (SSSR count). The second-order valence-electron chi connectivity index (χ2n) is 4.03. The summed E-state index contributed by atoms with van der Waals surface area (Å²) in [7, 11) is 0. The highest BCUT2D eigenvalue weighted by molar-refractivity contribution is 5.10. The quantitative estimate of drug-likeness (QED) is 0.759. The maximum Gasteiger partial charge on any atom is 0.345 e. The molecule has 0 amide bonds. The first-order valence-corrected chi connectivity index (χ1v) is 4.82. The smallest absolute Gasteiger partial charge is 0.323 e. The van der Waals surface area contributed by atoms with E-state index in [0.717, 1.165) is 12.1 Å². The highest BCUT2D eigenvalue weighted by atomic mass is 16.1. The third-order valence-corrected chi connectivity index (χ3v) is 2.00. The molecule has 0 saturated heterocycles. The van der Waals surface area contributed by atoms with E-state index in [-0.39, 0.29) is 11.7 Å². The summed E-state index contributed by atoms with van der Waals surface area (Å²) in [5.41, 5.74) is 7.08. The molecule has 0 bridgehead atoms. The van der Waals surface area contributed by atoms with Crippen LogP contribution in [-0.4, -0.2) is 9.97 Å². The number of hydrogen-bond acceptors (Lipinski definition) is 3. The number of nitrogens with two attached hydrogens (primary N) is 1. The SMILES string of the molecule is Cc1cc([C@H](N)CC(C)C)nc(=O)[nH]1. The summed E-state index contributed by atoms with van der Waals surface area (Å²) in [4.78, 5) is 17.5. The van der Waals surface area contributed by atoms with Crippen LogP contribution in [-0.2, 0) is 0 Å². The van der Waals surface area contributed by atoms with Crippen LogP contribution in [0.4, 0.5) is 0 Å². The molecule has 0 aliphatic heterocycles. The molecule has 0 radical (unpaired) electrons. The topological polar surface area (TPSA) is 71.8 Å². The number of aryl methyl sites for hydroxylation is 1. The summed E-state index contributed by atoms with van der Waals surface area (Å²) in [5.74, 6) is 0.506. The van der Waals surface area contributed by atoms with E-state index >= 15 is 0 Å². The van der Waals surface area contributed by atoms with Gasteiger partial charge in [0.1, 0.15) is 0 Å². The second-order valence-corrected chi connectivity index (χ2v) is 4.03. The predicted octanol–water partition coefficient (Wildman–Crippen LogP) is 1.12. The highest BCUT2D eigenvalue weighted by Gasteiger charge is 2.10. The Morgan fingerprint density at radius 1 is 1.57 bits per heavy atom. The van der Waals surface area contributed by atoms with Crippen LogP contribution in [0.3, 0.4) is 0 Å². The van der Waals surface area contributed by atoms with Gasteiger partial charge in [0, 0.05) is 11.7 Å². The van der Waals surface area contributed by atoms with Gasteiger partial charge in [0.2, 0.25) is 0 Å². The Morgan fingerprint density at radius 2 is 2.21 bits per heavy atom. The van der Waals surface area contributed by atoms with Crippen LogP contribution in [0.15, 0.2) is 10.9 Å². The first kappa shape index (κ1) is 10.9. The van der Waals surface area contributed by atoms with E-state index in [1.165, 1.54) is 0 Å². The van der Waals surface area contributed by atoms with Gasteiger partial charge in [-0.15, -0.1) is 0 Å². The highest BCUT2D eigenvalue weighted by Crippen LogP contribution is 2.15. The number of aromatic amines is 1. The van der Waals surface area contributed by atoms with E-state index in [1.807, 2.05) is 13.0 Å². The van der Waals surface area contributed by atoms with E-state index < -0.39 is 0 Å². The summed E-state index contributed by atoms with van der Waals surface area (Å²) in [6.45, 7) is 6.02. The number of H-pyrrole nitrogens is 1. The van der Waals surface area contributed by atoms with E-state index in [1.54, 1.807) is 0 Å². The summed E-state index contributed by atoms with van der Waals surface area (Å²) >= 11 is 0. The van der Waals surface area contributed by atoms with Crippen molar-refractivity contribution in [3.8, 4) is 0 Å². The molecule has 78 valence electrons. The minimum Gasteiger partial charge on any atom is -0.323 e. The lowest BCUT2D eigenvalue weighted by Crippen LogP contribution is -2.21. The summed E-state index contributed by atoms with van der Waals surface area (Å²) in [6.07, 6.45) is 0.843. The molecule has 4 heteroatoms. The summed E-state index contributed by atoms with van der Waals surface area (Å²) in [5, 5.41) is 0. The monoisotopic (exact) mass is 195 g/mol. The molecule has 1 aromatic heterocycles. The van der Waals surface area contributed by atoms with E-state index in [9.17, 15) is 4.79 Å². The lowest BCUT2D eigenvalue weighted by Gasteiger charge is -2.13. The standard InChI is InChI=1S/C10H17N3O/c1-6(2)4-8(11)9-5-7(3)12-10(14)13-9/h5-6,8H,4,11H2,1-3H3,(H,12,13,14)/t8-/m1/s1. The van der Waals surface area contributed by atoms with Crippen molar-refractivity contribution < 1.29 is 0 Å². The van der Waals surface area contributed by atoms with Gasteiger partial charge in [0.15, 0.2) is 0 Å². The van der Waals surface area contributed by atoms with Crippen LogP contribution >= 0.6 is 0 Å². The van der Waals surface area contributed by atoms with Gasteiger partial charge in [0.05, 0.1) is 5.69 Å². The average molecular weight is 195 g/mol. The van der Waals surface area contributed by atoms with Crippen LogP contribution in [0.5, 0.6) is 0 Å². The van der Waals surface area contributed by atoms with Gasteiger partial charge in [-0.1, -0.05) is 13.8 Å². The lowest BCUT2D eigenvalue weighted by molar-refractivity contribution is 0.500. The second kappa shape index (κ2) is 4.37. The van der Waals surface area contributed by atoms with Crippen molar-refractivity contribution in [2.24, 2.45) is 11.7 Å². The minimum atomic E-state index is -0.320. The summed E-state index contributed by atoms with van der Waals surface area (Å²) in [6, 6.07) is 1.69. The molecule has 0 aliphatic carbocycles. The van der Waals surface area contributed by atoms with Gasteiger partial charge >= 0.3 is 5.69 Å². The van der Waals surface area contributed by atoms with Crippen molar-refractivity contribution in [3.63, 3.8) is 0 Å². The van der Waals surface area contributed by atoms with Gasteiger partial charge in [-0.05, 0) is 25.3 Å². The largest absolute Gasteiger partial charge is 0.345 e. The van der Waals surface area contributed by atoms with Crippen LogP contribution < -0.4 is 11.4 Å². The minimum absolute atomic E-state index is 0.143. The van der Waals surface area contributed by atoms with Crippen LogP contribution in [0.25, 0.3) is 0 Å². The van der Waals surface area contributed by atoms with Crippen molar-refractivity contribution in [2.45, 2.75) is 33.2 Å². The van der Waals surface area contributed by atoms with Gasteiger partial charge in [-0.2, -0.15) is 4.98 Å². The zero-order valence-electron chi connectivity index (χ0n) is 8.87. The molecule has 0 aliphatic rings. The van der Waals surface area contributed by atoms with Gasteiger partial charge < -0.3 is 10.7 Å². The van der Waals surface area contributed by atoms with Crippen LogP contribution in [0, 0.1) is 12.8 Å². The number of rotatable bonds is 3. The lowest BCUT2D eigenvalue weighted by atomic mass is 10.0. The fourth-order valence-electron chi connectivity index (χ4n) is 1.42. The Bertz CT molecular complexity index is 357. The van der Waals surface area contributed by atoms with Crippen molar-refractivity contribution in [1.82, 2.24) is 9.97 Å². The molecule has 0 fully saturated rings. The number of hydrogen-bond donors (Lipinski definition) is 2. The zero-order chi connectivity index (χ0) is 10.7. The molecule has 0 saturated carbocycles. The van der Waals surface area contributed by atoms with Crippen LogP contribution in [0.2, 0.25) is 0 Å². The molecule has 0 unspecified atom stereocenters. The first-order valence-electron chi connectivity index (χ1n) is 4.82. The predicted molar refractivity (Wildman–Crippen MR) is 56.0 cm³/mol. The summed E-state index contributed by atoms with van der Waals surface area (Å²) < 4.78 is 0. The van der Waals surface area contributed by atoms with Crippen molar-refractivity contribution in [3.05, 3.63) is 27.9 Å². The Hall–Kier alpha value is -1.16. The van der Waals surface area contributed by atoms with Crippen LogP contribution in [0.1, 0.15) is 37.7 Å². The van der Waals surface area contributed by atoms with E-state index in [0.29, 0.717) is 11.6 Å². The molecule has 1 aromatic rings. The Kier molecular flexibility index (Phi) is 3.41. The fourth-order valence-corrected chi connectivity index (χ4v) is 1.42. The van der Waals surface area contributed by atoms with E-state index in [4.69, 9.17) is 5.73 Å². The molecule has 14 heavy (non-hydrogen) atoms. The van der Waals surface area contributed by atoms with Gasteiger partial charge in [-0.25, -0.2) is 4.79 Å². The molecule has 3 N–H and O–H groups in total. The van der Waals surface area contributed by atoms with E-state index in [2.05, 4.69) is 23.8 Å². The molecular formula is C10H17N3O. The third-order valence-electron chi connectivity index (χ3n) is 2.00. The first-order chi connectivity index (χ1) is 6.49. The van der Waals surface area contributed by atoms with Crippen molar-refractivity contribution >= 4 is 0 Å². The maximum atomic E-state index is 11.1.